The second kappa shape index (κ2) is 9.30. The van der Waals surface area contributed by atoms with Crippen LogP contribution in [0.4, 0.5) is 0 Å². The molecule has 1 heterocycles. The number of aliphatic imine (C=N–C) groups is 1. The number of benzene rings is 1. The van der Waals surface area contributed by atoms with Gasteiger partial charge in [-0.15, -0.1) is 24.0 Å². The van der Waals surface area contributed by atoms with Gasteiger partial charge in [0, 0.05) is 17.5 Å². The molecule has 2 N–H and O–H groups in total. The summed E-state index contributed by atoms with van der Waals surface area (Å²) in [5.41, 5.74) is 0.927. The highest BCUT2D eigenvalue weighted by Crippen LogP contribution is 2.20. The van der Waals surface area contributed by atoms with E-state index >= 15 is 0 Å². The van der Waals surface area contributed by atoms with E-state index in [9.17, 15) is 0 Å². The van der Waals surface area contributed by atoms with Gasteiger partial charge in [-0.2, -0.15) is 0 Å². The number of guanidine groups is 1. The van der Waals surface area contributed by atoms with E-state index in [2.05, 4.69) is 36.6 Å². The Labute approximate surface area is 161 Å². The third-order valence-electron chi connectivity index (χ3n) is 4.24. The van der Waals surface area contributed by atoms with E-state index in [-0.39, 0.29) is 24.0 Å². The maximum Gasteiger partial charge on any atom is 0.192 e. The number of rotatable bonds is 4. The zero-order valence-electron chi connectivity index (χ0n) is 14.5. The van der Waals surface area contributed by atoms with Crippen LogP contribution in [0.15, 0.2) is 39.7 Å². The molecule has 0 aliphatic heterocycles. The molecule has 0 radical (unpaired) electrons. The second-order valence-electron chi connectivity index (χ2n) is 6.69. The summed E-state index contributed by atoms with van der Waals surface area (Å²) in [5.74, 6) is 1.80. The minimum atomic E-state index is 0. The standard InChI is InChI=1S/C19H27N3O.HI/c1-14(2)21-19(22-16-9-4-3-5-10-16)20-13-17-12-15-8-6-7-11-18(15)23-17;/h6-8,11-12,14,16H,3-5,9-10,13H2,1-2H3,(H2,20,21,22);1H. The van der Waals surface area contributed by atoms with Crippen LogP contribution in [0.1, 0.15) is 51.7 Å². The Kier molecular flexibility index (Phi) is 7.40. The lowest BCUT2D eigenvalue weighted by atomic mass is 9.96. The van der Waals surface area contributed by atoms with Gasteiger partial charge in [-0.1, -0.05) is 37.5 Å². The molecule has 24 heavy (non-hydrogen) atoms. The summed E-state index contributed by atoms with van der Waals surface area (Å²) in [6, 6.07) is 11.1. The monoisotopic (exact) mass is 441 g/mol. The number of nitrogens with zero attached hydrogens (tertiary/aromatic N) is 1. The average molecular weight is 441 g/mol. The number of halogens is 1. The van der Waals surface area contributed by atoms with Crippen LogP contribution in [0, 0.1) is 0 Å². The van der Waals surface area contributed by atoms with Crippen molar-refractivity contribution in [3.8, 4) is 0 Å². The van der Waals surface area contributed by atoms with Crippen molar-refractivity contribution in [1.82, 2.24) is 10.6 Å². The van der Waals surface area contributed by atoms with Crippen LogP contribution in [0.2, 0.25) is 0 Å². The highest BCUT2D eigenvalue weighted by molar-refractivity contribution is 14.0. The lowest BCUT2D eigenvalue weighted by Gasteiger charge is -2.25. The fourth-order valence-corrected chi connectivity index (χ4v) is 3.12. The maximum atomic E-state index is 5.85. The smallest absolute Gasteiger partial charge is 0.192 e. The molecule has 4 nitrogen and oxygen atoms in total. The Morgan fingerprint density at radius 1 is 1.21 bits per heavy atom. The van der Waals surface area contributed by atoms with E-state index in [0.717, 1.165) is 22.7 Å². The molecule has 1 aliphatic rings. The molecular formula is C19H28IN3O. The van der Waals surface area contributed by atoms with Gasteiger partial charge in [-0.25, -0.2) is 4.99 Å². The Balaban J connectivity index is 0.00000208. The Morgan fingerprint density at radius 2 is 1.96 bits per heavy atom. The number of para-hydroxylation sites is 1. The molecule has 2 aromatic rings. The SMILES string of the molecule is CC(C)NC(=NCc1cc2ccccc2o1)NC1CCCCC1.I. The molecule has 3 rings (SSSR count). The van der Waals surface area contributed by atoms with Gasteiger partial charge in [0.05, 0.1) is 0 Å². The molecule has 1 fully saturated rings. The first-order chi connectivity index (χ1) is 11.2. The molecule has 0 unspecified atom stereocenters. The van der Waals surface area contributed by atoms with Crippen LogP contribution in [0.3, 0.4) is 0 Å². The van der Waals surface area contributed by atoms with E-state index in [1.165, 1.54) is 32.1 Å². The van der Waals surface area contributed by atoms with Gasteiger partial charge in [0.1, 0.15) is 17.9 Å². The fourth-order valence-electron chi connectivity index (χ4n) is 3.12. The second-order valence-corrected chi connectivity index (χ2v) is 6.69. The molecule has 1 aromatic carbocycles. The lowest BCUT2D eigenvalue weighted by molar-refractivity contribution is 0.408. The lowest BCUT2D eigenvalue weighted by Crippen LogP contribution is -2.46. The molecule has 5 heteroatoms. The van der Waals surface area contributed by atoms with Gasteiger partial charge in [0.15, 0.2) is 5.96 Å². The van der Waals surface area contributed by atoms with Crippen molar-refractivity contribution in [1.29, 1.82) is 0 Å². The summed E-state index contributed by atoms with van der Waals surface area (Å²) in [7, 11) is 0. The zero-order chi connectivity index (χ0) is 16.1. The zero-order valence-corrected chi connectivity index (χ0v) is 16.9. The fraction of sp³-hybridized carbons (Fsp3) is 0.526. The number of nitrogens with one attached hydrogen (secondary N) is 2. The molecular weight excluding hydrogens is 413 g/mol. The van der Waals surface area contributed by atoms with Gasteiger partial charge in [-0.3, -0.25) is 0 Å². The third kappa shape index (κ3) is 5.40. The molecule has 1 saturated carbocycles. The summed E-state index contributed by atoms with van der Waals surface area (Å²) in [5, 5.41) is 8.15. The summed E-state index contributed by atoms with van der Waals surface area (Å²) in [6.07, 6.45) is 6.47. The normalized spacial score (nSPS) is 16.2. The minimum Gasteiger partial charge on any atom is -0.459 e. The molecule has 0 amide bonds. The maximum absolute atomic E-state index is 5.85. The summed E-state index contributed by atoms with van der Waals surface area (Å²) < 4.78 is 5.85. The van der Waals surface area contributed by atoms with Crippen LogP contribution in [0.25, 0.3) is 11.0 Å². The molecule has 0 bridgehead atoms. The highest BCUT2D eigenvalue weighted by Gasteiger charge is 2.15. The first-order valence-corrected chi connectivity index (χ1v) is 8.75. The van der Waals surface area contributed by atoms with E-state index in [4.69, 9.17) is 9.41 Å². The summed E-state index contributed by atoms with van der Waals surface area (Å²) >= 11 is 0. The first kappa shape index (κ1) is 19.1. The first-order valence-electron chi connectivity index (χ1n) is 8.75. The van der Waals surface area contributed by atoms with Crippen molar-refractivity contribution in [2.45, 2.75) is 64.6 Å². The predicted octanol–water partition coefficient (Wildman–Crippen LogP) is 4.83. The number of furan rings is 1. The van der Waals surface area contributed by atoms with Crippen molar-refractivity contribution in [2.75, 3.05) is 0 Å². The van der Waals surface area contributed by atoms with Crippen molar-refractivity contribution in [3.63, 3.8) is 0 Å². The van der Waals surface area contributed by atoms with Crippen LogP contribution in [-0.2, 0) is 6.54 Å². The van der Waals surface area contributed by atoms with Gasteiger partial charge in [0.2, 0.25) is 0 Å². The van der Waals surface area contributed by atoms with E-state index in [0.29, 0.717) is 18.6 Å². The molecule has 0 atom stereocenters. The summed E-state index contributed by atoms with van der Waals surface area (Å²) in [6.45, 7) is 4.84. The largest absolute Gasteiger partial charge is 0.459 e. The van der Waals surface area contributed by atoms with Gasteiger partial charge >= 0.3 is 0 Å². The number of fused-ring (bicyclic) bond motifs is 1. The average Bonchev–Trinajstić information content (AvgIpc) is 2.96. The summed E-state index contributed by atoms with van der Waals surface area (Å²) in [4.78, 5) is 4.72. The quantitative estimate of drug-likeness (QED) is 0.406. The molecule has 132 valence electrons. The molecule has 0 saturated heterocycles. The highest BCUT2D eigenvalue weighted by atomic mass is 127. The van der Waals surface area contributed by atoms with Crippen molar-refractivity contribution in [3.05, 3.63) is 36.1 Å². The van der Waals surface area contributed by atoms with E-state index in [1.54, 1.807) is 0 Å². The van der Waals surface area contributed by atoms with Gasteiger partial charge in [0.25, 0.3) is 0 Å². The minimum absolute atomic E-state index is 0. The molecule has 1 aromatic heterocycles. The Hall–Kier alpha value is -1.24. The van der Waals surface area contributed by atoms with E-state index in [1.807, 2.05) is 18.2 Å². The van der Waals surface area contributed by atoms with Crippen molar-refractivity contribution < 1.29 is 4.42 Å². The van der Waals surface area contributed by atoms with Crippen LogP contribution in [0.5, 0.6) is 0 Å². The van der Waals surface area contributed by atoms with Crippen LogP contribution >= 0.6 is 24.0 Å². The van der Waals surface area contributed by atoms with Gasteiger partial charge < -0.3 is 15.1 Å². The Morgan fingerprint density at radius 3 is 2.67 bits per heavy atom. The van der Waals surface area contributed by atoms with Crippen molar-refractivity contribution >= 4 is 40.9 Å². The van der Waals surface area contributed by atoms with E-state index < -0.39 is 0 Å². The molecule has 1 aliphatic carbocycles. The van der Waals surface area contributed by atoms with Crippen LogP contribution in [-0.4, -0.2) is 18.0 Å². The number of hydrogen-bond donors (Lipinski definition) is 2. The topological polar surface area (TPSA) is 49.6 Å². The van der Waals surface area contributed by atoms with Crippen molar-refractivity contribution in [2.24, 2.45) is 4.99 Å². The number of hydrogen-bond acceptors (Lipinski definition) is 2. The van der Waals surface area contributed by atoms with Gasteiger partial charge in [-0.05, 0) is 38.8 Å². The van der Waals surface area contributed by atoms with Crippen LogP contribution < -0.4 is 10.6 Å². The Bertz CT molecular complexity index is 626. The predicted molar refractivity (Wildman–Crippen MR) is 111 cm³/mol. The third-order valence-corrected chi connectivity index (χ3v) is 4.24. The molecule has 0 spiro atoms.